The molecule has 3 N–H and O–H groups in total. The van der Waals surface area contributed by atoms with Crippen LogP contribution in [0.4, 0.5) is 17.6 Å². The summed E-state index contributed by atoms with van der Waals surface area (Å²) >= 11 is 0. The smallest absolute Gasteiger partial charge is 0.225 e. The number of ether oxygens (including phenoxy) is 1. The van der Waals surface area contributed by atoms with E-state index in [-0.39, 0.29) is 0 Å². The number of H-pyrrole nitrogens is 1. The fraction of sp³-hybridized carbons (Fsp3) is 0.105. The molecule has 0 aliphatic heterocycles. The zero-order valence-corrected chi connectivity index (χ0v) is 14.2. The van der Waals surface area contributed by atoms with Crippen molar-refractivity contribution in [3.8, 4) is 5.75 Å². The van der Waals surface area contributed by atoms with Gasteiger partial charge in [-0.05, 0) is 18.2 Å². The van der Waals surface area contributed by atoms with E-state index in [1.54, 1.807) is 13.3 Å². The van der Waals surface area contributed by atoms with Crippen molar-refractivity contribution in [2.24, 2.45) is 0 Å². The van der Waals surface area contributed by atoms with Crippen LogP contribution in [0.1, 0.15) is 5.56 Å². The molecule has 2 aromatic carbocycles. The lowest BCUT2D eigenvalue weighted by molar-refractivity contribution is 0.410. The summed E-state index contributed by atoms with van der Waals surface area (Å²) in [7, 11) is 1.66. The Labute approximate surface area is 150 Å². The van der Waals surface area contributed by atoms with Gasteiger partial charge in [0.15, 0.2) is 0 Å². The summed E-state index contributed by atoms with van der Waals surface area (Å²) in [5.74, 6) is 2.85. The van der Waals surface area contributed by atoms with E-state index in [1.807, 2.05) is 54.6 Å². The molecule has 0 amide bonds. The second-order valence-corrected chi connectivity index (χ2v) is 5.67. The number of hydrogen-bond donors (Lipinski definition) is 3. The zero-order valence-electron chi connectivity index (χ0n) is 14.2. The molecule has 0 atom stereocenters. The Morgan fingerprint density at radius 3 is 2.69 bits per heavy atom. The number of benzene rings is 2. The fourth-order valence-electron chi connectivity index (χ4n) is 2.73. The summed E-state index contributed by atoms with van der Waals surface area (Å²) in [6.45, 7) is 0.561. The first-order chi connectivity index (χ1) is 12.8. The Balaban J connectivity index is 1.64. The molecule has 2 heterocycles. The Bertz CT molecular complexity index is 1020. The summed E-state index contributed by atoms with van der Waals surface area (Å²) in [4.78, 5) is 9.23. The van der Waals surface area contributed by atoms with Crippen molar-refractivity contribution in [3.05, 3.63) is 66.4 Å². The molecule has 26 heavy (non-hydrogen) atoms. The van der Waals surface area contributed by atoms with Crippen LogP contribution in [0.15, 0.2) is 60.8 Å². The number of rotatable bonds is 6. The van der Waals surface area contributed by atoms with Gasteiger partial charge in [0, 0.05) is 23.6 Å². The van der Waals surface area contributed by atoms with Crippen molar-refractivity contribution in [3.63, 3.8) is 0 Å². The molecule has 0 saturated heterocycles. The average molecular weight is 346 g/mol. The molecule has 130 valence electrons. The lowest BCUT2D eigenvalue weighted by Crippen LogP contribution is -2.07. The molecule has 0 aliphatic carbocycles. The van der Waals surface area contributed by atoms with E-state index in [4.69, 9.17) is 4.74 Å². The molecular formula is C19H18N6O. The highest BCUT2D eigenvalue weighted by Crippen LogP contribution is 2.25. The first-order valence-corrected chi connectivity index (χ1v) is 8.22. The Hall–Kier alpha value is -3.61. The Morgan fingerprint density at radius 2 is 1.85 bits per heavy atom. The van der Waals surface area contributed by atoms with Gasteiger partial charge in [-0.3, -0.25) is 5.10 Å². The third-order valence-corrected chi connectivity index (χ3v) is 3.99. The van der Waals surface area contributed by atoms with Crippen molar-refractivity contribution in [1.82, 2.24) is 20.2 Å². The molecule has 0 saturated carbocycles. The summed E-state index contributed by atoms with van der Waals surface area (Å²) in [5.41, 5.74) is 1.89. The van der Waals surface area contributed by atoms with Crippen molar-refractivity contribution in [2.45, 2.75) is 6.54 Å². The van der Waals surface area contributed by atoms with Crippen molar-refractivity contribution < 1.29 is 4.74 Å². The molecule has 4 rings (SSSR count). The standard InChI is InChI=1S/C19H18N6O/c1-26-16-9-5-2-6-13(16)12-20-19-22-15-8-4-3-7-14(15)18(24-19)23-17-10-11-21-25-17/h2-11H,12H2,1H3,(H3,20,21,22,23,24,25). The first-order valence-electron chi connectivity index (χ1n) is 8.22. The van der Waals surface area contributed by atoms with Gasteiger partial charge in [0.25, 0.3) is 0 Å². The third-order valence-electron chi connectivity index (χ3n) is 3.99. The van der Waals surface area contributed by atoms with Crippen molar-refractivity contribution in [2.75, 3.05) is 17.7 Å². The van der Waals surface area contributed by atoms with Crippen molar-refractivity contribution in [1.29, 1.82) is 0 Å². The maximum Gasteiger partial charge on any atom is 0.225 e. The topological polar surface area (TPSA) is 87.8 Å². The van der Waals surface area contributed by atoms with Crippen LogP contribution in [-0.2, 0) is 6.54 Å². The average Bonchev–Trinajstić information content (AvgIpc) is 3.19. The first kappa shape index (κ1) is 15.9. The van der Waals surface area contributed by atoms with E-state index in [0.717, 1.165) is 28.0 Å². The number of aromatic nitrogens is 4. The SMILES string of the molecule is COc1ccccc1CNc1nc(Nc2ccn[nH]2)c2ccccc2n1. The molecule has 0 bridgehead atoms. The van der Waals surface area contributed by atoms with Gasteiger partial charge in [-0.15, -0.1) is 0 Å². The van der Waals surface area contributed by atoms with Gasteiger partial charge in [0.2, 0.25) is 5.95 Å². The van der Waals surface area contributed by atoms with Crippen LogP contribution in [0, 0.1) is 0 Å². The van der Waals surface area contributed by atoms with E-state index >= 15 is 0 Å². The van der Waals surface area contributed by atoms with Crippen LogP contribution in [-0.4, -0.2) is 27.3 Å². The van der Waals surface area contributed by atoms with Crippen LogP contribution in [0.3, 0.4) is 0 Å². The van der Waals surface area contributed by atoms with Crippen molar-refractivity contribution >= 4 is 28.5 Å². The minimum Gasteiger partial charge on any atom is -0.496 e. The number of hydrogen-bond acceptors (Lipinski definition) is 6. The number of nitrogens with one attached hydrogen (secondary N) is 3. The van der Waals surface area contributed by atoms with E-state index in [0.29, 0.717) is 18.3 Å². The molecule has 0 spiro atoms. The molecular weight excluding hydrogens is 328 g/mol. The van der Waals surface area contributed by atoms with Crippen LogP contribution >= 0.6 is 0 Å². The van der Waals surface area contributed by atoms with E-state index < -0.39 is 0 Å². The lowest BCUT2D eigenvalue weighted by atomic mass is 10.2. The second-order valence-electron chi connectivity index (χ2n) is 5.67. The molecule has 0 radical (unpaired) electrons. The summed E-state index contributed by atoms with van der Waals surface area (Å²) < 4.78 is 5.39. The number of aromatic amines is 1. The van der Waals surface area contributed by atoms with E-state index in [2.05, 4.69) is 30.8 Å². The highest BCUT2D eigenvalue weighted by molar-refractivity contribution is 5.91. The highest BCUT2D eigenvalue weighted by Gasteiger charge is 2.09. The quantitative estimate of drug-likeness (QED) is 0.493. The molecule has 0 fully saturated rings. The number of anilines is 3. The maximum atomic E-state index is 5.39. The monoisotopic (exact) mass is 346 g/mol. The maximum absolute atomic E-state index is 5.39. The highest BCUT2D eigenvalue weighted by atomic mass is 16.5. The predicted octanol–water partition coefficient (Wildman–Crippen LogP) is 3.72. The van der Waals surface area contributed by atoms with Gasteiger partial charge >= 0.3 is 0 Å². The number of fused-ring (bicyclic) bond motifs is 1. The molecule has 7 heteroatoms. The molecule has 0 unspecified atom stereocenters. The minimum atomic E-state index is 0.539. The van der Waals surface area contributed by atoms with E-state index in [1.165, 1.54) is 0 Å². The van der Waals surface area contributed by atoms with Crippen LogP contribution in [0.25, 0.3) is 10.9 Å². The van der Waals surface area contributed by atoms with Gasteiger partial charge in [0.05, 0.1) is 18.8 Å². The summed E-state index contributed by atoms with van der Waals surface area (Å²) in [6, 6.07) is 17.6. The third kappa shape index (κ3) is 3.27. The van der Waals surface area contributed by atoms with Gasteiger partial charge < -0.3 is 15.4 Å². The van der Waals surface area contributed by atoms with Gasteiger partial charge in [-0.1, -0.05) is 30.3 Å². The number of methoxy groups -OCH3 is 1. The number of para-hydroxylation sites is 2. The summed E-state index contributed by atoms with van der Waals surface area (Å²) in [6.07, 6.45) is 1.69. The predicted molar refractivity (Wildman–Crippen MR) is 102 cm³/mol. The molecule has 7 nitrogen and oxygen atoms in total. The van der Waals surface area contributed by atoms with Gasteiger partial charge in [-0.25, -0.2) is 4.98 Å². The van der Waals surface area contributed by atoms with Gasteiger partial charge in [0.1, 0.15) is 17.4 Å². The molecule has 0 aliphatic rings. The van der Waals surface area contributed by atoms with E-state index in [9.17, 15) is 0 Å². The minimum absolute atomic E-state index is 0.539. The van der Waals surface area contributed by atoms with Crippen LogP contribution in [0.2, 0.25) is 0 Å². The normalized spacial score (nSPS) is 10.7. The molecule has 2 aromatic heterocycles. The largest absolute Gasteiger partial charge is 0.496 e. The zero-order chi connectivity index (χ0) is 17.8. The Kier molecular flexibility index (Phi) is 4.34. The summed E-state index contributed by atoms with van der Waals surface area (Å²) in [5, 5.41) is 14.3. The molecule has 4 aromatic rings. The van der Waals surface area contributed by atoms with Gasteiger partial charge in [-0.2, -0.15) is 10.1 Å². The Morgan fingerprint density at radius 1 is 1.00 bits per heavy atom. The van der Waals surface area contributed by atoms with Crippen LogP contribution in [0.5, 0.6) is 5.75 Å². The fourth-order valence-corrected chi connectivity index (χ4v) is 2.73. The lowest BCUT2D eigenvalue weighted by Gasteiger charge is -2.12. The van der Waals surface area contributed by atoms with Crippen LogP contribution < -0.4 is 15.4 Å². The second kappa shape index (κ2) is 7.10. The number of nitrogens with zero attached hydrogens (tertiary/aromatic N) is 3.